The zero-order valence-corrected chi connectivity index (χ0v) is 19.0. The van der Waals surface area contributed by atoms with Crippen molar-refractivity contribution in [2.24, 2.45) is 4.99 Å². The summed E-state index contributed by atoms with van der Waals surface area (Å²) >= 11 is 1.88. The van der Waals surface area contributed by atoms with Crippen LogP contribution in [-0.4, -0.2) is 74.3 Å². The van der Waals surface area contributed by atoms with Gasteiger partial charge in [0.1, 0.15) is 0 Å². The molecule has 1 fully saturated rings. The van der Waals surface area contributed by atoms with Gasteiger partial charge in [0.25, 0.3) is 0 Å². The highest BCUT2D eigenvalue weighted by Gasteiger charge is 2.19. The summed E-state index contributed by atoms with van der Waals surface area (Å²) in [7, 11) is 0. The molecule has 1 aliphatic rings. The first-order valence-electron chi connectivity index (χ1n) is 9.03. The van der Waals surface area contributed by atoms with E-state index in [2.05, 4.69) is 47.6 Å². The lowest BCUT2D eigenvalue weighted by Crippen LogP contribution is -2.49. The second-order valence-corrected chi connectivity index (χ2v) is 7.27. The highest BCUT2D eigenvalue weighted by atomic mass is 127. The van der Waals surface area contributed by atoms with Gasteiger partial charge in [0.2, 0.25) is 0 Å². The molecule has 1 aliphatic heterocycles. The maximum Gasteiger partial charge on any atom is 0.191 e. The smallest absolute Gasteiger partial charge is 0.191 e. The third-order valence-corrected chi connectivity index (χ3v) is 4.60. The predicted molar refractivity (Wildman–Crippen MR) is 118 cm³/mol. The van der Waals surface area contributed by atoms with Gasteiger partial charge in [-0.25, -0.2) is 0 Å². The molecule has 7 heteroatoms. The van der Waals surface area contributed by atoms with E-state index in [1.165, 1.54) is 18.6 Å². The fourth-order valence-corrected chi connectivity index (χ4v) is 3.05. The van der Waals surface area contributed by atoms with E-state index in [1.54, 1.807) is 0 Å². The molecule has 0 spiro atoms. The van der Waals surface area contributed by atoms with Crippen molar-refractivity contribution in [3.8, 4) is 0 Å². The van der Waals surface area contributed by atoms with Crippen molar-refractivity contribution >= 4 is 41.7 Å². The minimum Gasteiger partial charge on any atom is -0.377 e. The largest absolute Gasteiger partial charge is 0.377 e. The molecule has 5 nitrogen and oxygen atoms in total. The fourth-order valence-electron chi connectivity index (χ4n) is 2.63. The molecule has 0 saturated carbocycles. The number of guanidine groups is 1. The van der Waals surface area contributed by atoms with Gasteiger partial charge in [-0.1, -0.05) is 0 Å². The lowest BCUT2D eigenvalue weighted by atomic mass is 10.1. The number of hydrogen-bond acceptors (Lipinski definition) is 4. The molecule has 0 bridgehead atoms. The number of hydrogen-bond donors (Lipinski definition) is 2. The molecule has 0 aromatic carbocycles. The second-order valence-electron chi connectivity index (χ2n) is 6.29. The summed E-state index contributed by atoms with van der Waals surface area (Å²) in [5.74, 6) is 2.16. The average molecular weight is 472 g/mol. The van der Waals surface area contributed by atoms with Gasteiger partial charge >= 0.3 is 0 Å². The highest BCUT2D eigenvalue weighted by Crippen LogP contribution is 2.10. The maximum atomic E-state index is 5.64. The lowest BCUT2D eigenvalue weighted by molar-refractivity contribution is 0.0532. The van der Waals surface area contributed by atoms with Crippen molar-refractivity contribution in [1.29, 1.82) is 0 Å². The zero-order valence-electron chi connectivity index (χ0n) is 15.8. The van der Waals surface area contributed by atoms with E-state index in [1.807, 2.05) is 11.8 Å². The Hall–Kier alpha value is 0.270. The summed E-state index contributed by atoms with van der Waals surface area (Å²) in [5.41, 5.74) is 0. The summed E-state index contributed by atoms with van der Waals surface area (Å²) in [4.78, 5) is 7.18. The lowest BCUT2D eigenvalue weighted by Gasteiger charge is -2.33. The summed E-state index contributed by atoms with van der Waals surface area (Å²) in [6, 6.07) is 0.538. The molecular weight excluding hydrogens is 435 g/mol. The Labute approximate surface area is 170 Å². The van der Waals surface area contributed by atoms with Gasteiger partial charge in [0.05, 0.1) is 12.7 Å². The molecule has 2 N–H and O–H groups in total. The standard InChI is InChI=1S/C17H36N4OS.HI/c1-5-18-17(19-9-6-14-23-4)20-16-7-10-21(11-8-16)12-13-22-15(2)3;/h15-16H,5-14H2,1-4H3,(H2,18,19,20);1H. The quantitative estimate of drug-likeness (QED) is 0.222. The molecule has 144 valence electrons. The van der Waals surface area contributed by atoms with Crippen LogP contribution >= 0.6 is 35.7 Å². The number of ether oxygens (including phenoxy) is 1. The molecule has 0 aliphatic carbocycles. The number of rotatable bonds is 10. The van der Waals surface area contributed by atoms with Gasteiger partial charge in [0, 0.05) is 38.8 Å². The zero-order chi connectivity index (χ0) is 16.9. The van der Waals surface area contributed by atoms with Crippen LogP contribution in [0.5, 0.6) is 0 Å². The van der Waals surface area contributed by atoms with Crippen molar-refractivity contribution in [2.45, 2.75) is 52.2 Å². The van der Waals surface area contributed by atoms with Crippen molar-refractivity contribution in [1.82, 2.24) is 15.5 Å². The summed E-state index contributed by atoms with van der Waals surface area (Å²) in [5, 5.41) is 6.97. The Morgan fingerprint density at radius 1 is 1.33 bits per heavy atom. The SMILES string of the molecule is CCNC(=NCCCSC)NC1CCN(CCOC(C)C)CC1.I. The molecule has 1 saturated heterocycles. The Morgan fingerprint density at radius 3 is 2.62 bits per heavy atom. The Balaban J connectivity index is 0.00000529. The third kappa shape index (κ3) is 11.8. The molecule has 0 unspecified atom stereocenters. The first-order chi connectivity index (χ1) is 11.2. The molecule has 1 heterocycles. The molecule has 1 rings (SSSR count). The average Bonchev–Trinajstić information content (AvgIpc) is 2.53. The second kappa shape index (κ2) is 15.5. The van der Waals surface area contributed by atoms with Gasteiger partial charge in [0.15, 0.2) is 5.96 Å². The van der Waals surface area contributed by atoms with Crippen LogP contribution in [0.25, 0.3) is 0 Å². The monoisotopic (exact) mass is 472 g/mol. The number of nitrogens with zero attached hydrogens (tertiary/aromatic N) is 2. The van der Waals surface area contributed by atoms with E-state index in [0.29, 0.717) is 12.1 Å². The molecular formula is C17H37IN4OS. The molecule has 0 aromatic heterocycles. The molecule has 0 aromatic rings. The van der Waals surface area contributed by atoms with Gasteiger partial charge < -0.3 is 20.3 Å². The number of piperidine rings is 1. The van der Waals surface area contributed by atoms with Crippen LogP contribution in [0.2, 0.25) is 0 Å². The first-order valence-corrected chi connectivity index (χ1v) is 10.4. The molecule has 0 amide bonds. The number of aliphatic imine (C=N–C) groups is 1. The van der Waals surface area contributed by atoms with Crippen LogP contribution in [0.1, 0.15) is 40.0 Å². The van der Waals surface area contributed by atoms with E-state index in [4.69, 9.17) is 4.74 Å². The van der Waals surface area contributed by atoms with Crippen LogP contribution in [0.15, 0.2) is 4.99 Å². The minimum absolute atomic E-state index is 0. The number of thioether (sulfide) groups is 1. The Bertz CT molecular complexity index is 324. The maximum absolute atomic E-state index is 5.64. The van der Waals surface area contributed by atoms with E-state index in [9.17, 15) is 0 Å². The van der Waals surface area contributed by atoms with Gasteiger partial charge in [-0.3, -0.25) is 4.99 Å². The summed E-state index contributed by atoms with van der Waals surface area (Å²) < 4.78 is 5.64. The van der Waals surface area contributed by atoms with Crippen LogP contribution in [0, 0.1) is 0 Å². The molecule has 0 atom stereocenters. The van der Waals surface area contributed by atoms with Gasteiger partial charge in [-0.15, -0.1) is 24.0 Å². The van der Waals surface area contributed by atoms with Gasteiger partial charge in [-0.05, 0) is 52.0 Å². The highest BCUT2D eigenvalue weighted by molar-refractivity contribution is 14.0. The normalized spacial score (nSPS) is 17.0. The van der Waals surface area contributed by atoms with E-state index < -0.39 is 0 Å². The van der Waals surface area contributed by atoms with Crippen molar-refractivity contribution in [3.63, 3.8) is 0 Å². The number of likely N-dealkylation sites (tertiary alicyclic amines) is 1. The summed E-state index contributed by atoms with van der Waals surface area (Å²) in [6.45, 7) is 12.3. The first kappa shape index (κ1) is 24.3. The number of nitrogens with one attached hydrogen (secondary N) is 2. The topological polar surface area (TPSA) is 48.9 Å². The summed E-state index contributed by atoms with van der Waals surface area (Å²) in [6.07, 6.45) is 5.98. The predicted octanol–water partition coefficient (Wildman–Crippen LogP) is 2.80. The van der Waals surface area contributed by atoms with E-state index >= 15 is 0 Å². The van der Waals surface area contributed by atoms with Crippen LogP contribution < -0.4 is 10.6 Å². The van der Waals surface area contributed by atoms with Crippen LogP contribution in [-0.2, 0) is 4.74 Å². The van der Waals surface area contributed by atoms with E-state index in [-0.39, 0.29) is 24.0 Å². The third-order valence-electron chi connectivity index (χ3n) is 3.91. The Kier molecular flexibility index (Phi) is 15.7. The number of halogens is 1. The Morgan fingerprint density at radius 2 is 2.04 bits per heavy atom. The van der Waals surface area contributed by atoms with E-state index in [0.717, 1.165) is 51.7 Å². The van der Waals surface area contributed by atoms with Crippen LogP contribution in [0.3, 0.4) is 0 Å². The molecule has 0 radical (unpaired) electrons. The van der Waals surface area contributed by atoms with Crippen LogP contribution in [0.4, 0.5) is 0 Å². The molecule has 24 heavy (non-hydrogen) atoms. The van der Waals surface area contributed by atoms with Crippen molar-refractivity contribution in [3.05, 3.63) is 0 Å². The van der Waals surface area contributed by atoms with Gasteiger partial charge in [-0.2, -0.15) is 11.8 Å². The fraction of sp³-hybridized carbons (Fsp3) is 0.941. The van der Waals surface area contributed by atoms with Crippen molar-refractivity contribution in [2.75, 3.05) is 51.3 Å². The van der Waals surface area contributed by atoms with Crippen molar-refractivity contribution < 1.29 is 4.74 Å². The minimum atomic E-state index is 0.